The van der Waals surface area contributed by atoms with E-state index in [9.17, 15) is 9.18 Å². The van der Waals surface area contributed by atoms with Crippen molar-refractivity contribution in [2.45, 2.75) is 6.92 Å². The standard InChI is InChI=1S/C9H7FN3O/c1-4-3-12-8-5(9(11)14)2-6(10)13-7(4)8/h2-3H,1H3,(H2,11,14). The van der Waals surface area contributed by atoms with Gasteiger partial charge in [-0.3, -0.25) is 10.1 Å². The average molecular weight is 192 g/mol. The second-order valence-electron chi connectivity index (χ2n) is 3.00. The Kier molecular flexibility index (Phi) is 1.73. The van der Waals surface area contributed by atoms with Crippen molar-refractivity contribution in [3.8, 4) is 0 Å². The fourth-order valence-electron chi connectivity index (χ4n) is 1.32. The largest absolute Gasteiger partial charge is 0.366 e. The van der Waals surface area contributed by atoms with Gasteiger partial charge in [-0.2, -0.15) is 4.39 Å². The Morgan fingerprint density at radius 2 is 2.29 bits per heavy atom. The summed E-state index contributed by atoms with van der Waals surface area (Å²) in [6.07, 6.45) is 1.53. The number of fused-ring (bicyclic) bond motifs is 1. The Hall–Kier alpha value is -1.91. The number of hydrogen-bond donors (Lipinski definition) is 1. The molecule has 14 heavy (non-hydrogen) atoms. The van der Waals surface area contributed by atoms with Crippen LogP contribution in [0.25, 0.3) is 5.57 Å². The molecule has 0 aromatic carbocycles. The van der Waals surface area contributed by atoms with Crippen molar-refractivity contribution in [1.29, 1.82) is 0 Å². The molecule has 4 nitrogen and oxygen atoms in total. The highest BCUT2D eigenvalue weighted by Crippen LogP contribution is 2.31. The molecule has 0 spiro atoms. The molecule has 0 saturated carbocycles. The van der Waals surface area contributed by atoms with Crippen LogP contribution in [0.1, 0.15) is 23.0 Å². The number of aromatic nitrogens is 1. The first-order valence-electron chi connectivity index (χ1n) is 3.98. The summed E-state index contributed by atoms with van der Waals surface area (Å²) in [4.78, 5) is 14.6. The Bertz CT molecular complexity index is 454. The van der Waals surface area contributed by atoms with E-state index >= 15 is 0 Å². The molecule has 2 rings (SSSR count). The van der Waals surface area contributed by atoms with Gasteiger partial charge < -0.3 is 5.73 Å². The predicted octanol–water partition coefficient (Wildman–Crippen LogP) is 0.930. The lowest BCUT2D eigenvalue weighted by Gasteiger charge is -2.03. The van der Waals surface area contributed by atoms with Crippen LogP contribution in [0.4, 0.5) is 10.1 Å². The first kappa shape index (κ1) is 8.68. The van der Waals surface area contributed by atoms with E-state index in [2.05, 4.69) is 10.3 Å². The number of rotatable bonds is 1. The second-order valence-corrected chi connectivity index (χ2v) is 3.00. The molecule has 0 fully saturated rings. The van der Waals surface area contributed by atoms with Gasteiger partial charge in [-0.05, 0) is 12.5 Å². The van der Waals surface area contributed by atoms with Gasteiger partial charge in [-0.1, -0.05) is 0 Å². The van der Waals surface area contributed by atoms with Crippen LogP contribution in [0.3, 0.4) is 0 Å². The summed E-state index contributed by atoms with van der Waals surface area (Å²) in [5.74, 6) is -1.42. The maximum atomic E-state index is 13.0. The van der Waals surface area contributed by atoms with Crippen LogP contribution >= 0.6 is 0 Å². The quantitative estimate of drug-likeness (QED) is 0.672. The third-order valence-electron chi connectivity index (χ3n) is 1.99. The molecule has 0 atom stereocenters. The van der Waals surface area contributed by atoms with Crippen molar-refractivity contribution >= 4 is 17.2 Å². The summed E-state index contributed by atoms with van der Waals surface area (Å²) >= 11 is 0. The number of amides is 1. The SMILES string of the molecule is CC1=C[N]c2c(C(N)=O)cc(F)nc21. The van der Waals surface area contributed by atoms with Crippen LogP contribution in [-0.4, -0.2) is 10.9 Å². The Balaban J connectivity index is 2.67. The van der Waals surface area contributed by atoms with Crippen molar-refractivity contribution in [2.75, 3.05) is 0 Å². The lowest BCUT2D eigenvalue weighted by Crippen LogP contribution is -2.14. The lowest BCUT2D eigenvalue weighted by atomic mass is 10.1. The van der Waals surface area contributed by atoms with Crippen LogP contribution in [0.2, 0.25) is 0 Å². The van der Waals surface area contributed by atoms with Gasteiger partial charge in [-0.15, -0.1) is 0 Å². The fourth-order valence-corrected chi connectivity index (χ4v) is 1.32. The average Bonchev–Trinajstić information content (AvgIpc) is 2.47. The van der Waals surface area contributed by atoms with Crippen LogP contribution < -0.4 is 11.1 Å². The van der Waals surface area contributed by atoms with Gasteiger partial charge in [0.2, 0.25) is 5.95 Å². The molecule has 0 unspecified atom stereocenters. The van der Waals surface area contributed by atoms with E-state index in [-0.39, 0.29) is 5.56 Å². The normalized spacial score (nSPS) is 13.1. The molecular formula is C9H7FN3O. The molecule has 1 amide bonds. The van der Waals surface area contributed by atoms with Gasteiger partial charge >= 0.3 is 0 Å². The van der Waals surface area contributed by atoms with E-state index in [4.69, 9.17) is 5.73 Å². The molecular weight excluding hydrogens is 185 g/mol. The zero-order valence-electron chi connectivity index (χ0n) is 7.41. The molecule has 1 radical (unpaired) electrons. The zero-order chi connectivity index (χ0) is 10.3. The summed E-state index contributed by atoms with van der Waals surface area (Å²) in [6, 6.07) is 0.997. The molecule has 1 aliphatic rings. The number of hydrogen-bond acceptors (Lipinski definition) is 2. The van der Waals surface area contributed by atoms with E-state index in [0.29, 0.717) is 11.4 Å². The maximum Gasteiger partial charge on any atom is 0.251 e. The van der Waals surface area contributed by atoms with Crippen molar-refractivity contribution in [3.05, 3.63) is 29.5 Å². The van der Waals surface area contributed by atoms with Crippen LogP contribution in [0, 0.1) is 5.95 Å². The van der Waals surface area contributed by atoms with Gasteiger partial charge in [0.05, 0.1) is 11.3 Å². The van der Waals surface area contributed by atoms with Crippen molar-refractivity contribution in [3.63, 3.8) is 0 Å². The van der Waals surface area contributed by atoms with E-state index in [0.717, 1.165) is 11.6 Å². The highest BCUT2D eigenvalue weighted by atomic mass is 19.1. The van der Waals surface area contributed by atoms with E-state index in [1.54, 1.807) is 6.92 Å². The van der Waals surface area contributed by atoms with E-state index in [1.165, 1.54) is 6.20 Å². The minimum atomic E-state index is -0.720. The van der Waals surface area contributed by atoms with Crippen molar-refractivity contribution < 1.29 is 9.18 Å². The molecule has 71 valence electrons. The van der Waals surface area contributed by atoms with Crippen molar-refractivity contribution in [1.82, 2.24) is 10.3 Å². The van der Waals surface area contributed by atoms with Gasteiger partial charge in [0, 0.05) is 12.3 Å². The van der Waals surface area contributed by atoms with E-state index in [1.807, 2.05) is 0 Å². The van der Waals surface area contributed by atoms with Crippen LogP contribution in [0.15, 0.2) is 12.3 Å². The smallest absolute Gasteiger partial charge is 0.251 e. The number of carbonyl (C=O) groups is 1. The molecule has 2 heterocycles. The third-order valence-corrected chi connectivity index (χ3v) is 1.99. The summed E-state index contributed by atoms with van der Waals surface area (Å²) < 4.78 is 13.0. The minimum Gasteiger partial charge on any atom is -0.366 e. The number of carbonyl (C=O) groups excluding carboxylic acids is 1. The fraction of sp³-hybridized carbons (Fsp3) is 0.111. The summed E-state index contributed by atoms with van der Waals surface area (Å²) in [5, 5.41) is 3.95. The number of nitrogens with zero attached hydrogens (tertiary/aromatic N) is 2. The van der Waals surface area contributed by atoms with Gasteiger partial charge in [0.15, 0.2) is 0 Å². The molecule has 2 N–H and O–H groups in total. The molecule has 0 bridgehead atoms. The summed E-state index contributed by atoms with van der Waals surface area (Å²) in [7, 11) is 0. The van der Waals surface area contributed by atoms with Crippen LogP contribution in [0.5, 0.6) is 0 Å². The third kappa shape index (κ3) is 1.14. The summed E-state index contributed by atoms with van der Waals surface area (Å²) in [5.41, 5.74) is 6.62. The van der Waals surface area contributed by atoms with E-state index < -0.39 is 11.9 Å². The number of primary amides is 1. The molecule has 0 saturated heterocycles. The highest BCUT2D eigenvalue weighted by molar-refractivity contribution is 6.00. The number of halogens is 1. The number of nitrogens with two attached hydrogens (primary N) is 1. The Morgan fingerprint density at radius 1 is 1.57 bits per heavy atom. The summed E-state index contributed by atoms with van der Waals surface area (Å²) in [6.45, 7) is 1.74. The number of allylic oxidation sites excluding steroid dienone is 1. The molecule has 1 aromatic rings. The second kappa shape index (κ2) is 2.80. The monoisotopic (exact) mass is 192 g/mol. The predicted molar refractivity (Wildman–Crippen MR) is 48.2 cm³/mol. The topological polar surface area (TPSA) is 70.1 Å². The molecule has 0 aliphatic carbocycles. The Morgan fingerprint density at radius 3 is 2.93 bits per heavy atom. The highest BCUT2D eigenvalue weighted by Gasteiger charge is 2.21. The molecule has 1 aromatic heterocycles. The molecule has 5 heteroatoms. The maximum absolute atomic E-state index is 13.0. The number of pyridine rings is 1. The lowest BCUT2D eigenvalue weighted by molar-refractivity contribution is 0.1000. The van der Waals surface area contributed by atoms with Gasteiger partial charge in [0.25, 0.3) is 5.91 Å². The minimum absolute atomic E-state index is 0.0700. The van der Waals surface area contributed by atoms with Gasteiger partial charge in [-0.25, -0.2) is 4.98 Å². The van der Waals surface area contributed by atoms with Gasteiger partial charge in [0.1, 0.15) is 5.69 Å². The first-order chi connectivity index (χ1) is 6.59. The zero-order valence-corrected chi connectivity index (χ0v) is 7.41. The first-order valence-corrected chi connectivity index (χ1v) is 3.98. The molecule has 1 aliphatic heterocycles. The van der Waals surface area contributed by atoms with Crippen LogP contribution in [-0.2, 0) is 0 Å². The Labute approximate surface area is 79.6 Å². The van der Waals surface area contributed by atoms with Crippen molar-refractivity contribution in [2.24, 2.45) is 5.73 Å².